The van der Waals surface area contributed by atoms with Crippen LogP contribution in [0.15, 0.2) is 12.4 Å². The van der Waals surface area contributed by atoms with Crippen LogP contribution in [-0.4, -0.2) is 29.1 Å². The third-order valence-corrected chi connectivity index (χ3v) is 3.11. The Balaban J connectivity index is 1.91. The zero-order valence-corrected chi connectivity index (χ0v) is 11.7. The molecule has 1 aliphatic carbocycles. The molecule has 0 saturated heterocycles. The van der Waals surface area contributed by atoms with E-state index >= 15 is 0 Å². The van der Waals surface area contributed by atoms with Crippen molar-refractivity contribution in [3.05, 3.63) is 18.0 Å². The standard InChI is InChI=1S/C14H24N4/c1-4-18(10-11(2)3)14-16-8-12(9-17-14)7-15-13-5-6-13/h8-9,11,13,15H,4-7,10H2,1-3H3. The van der Waals surface area contributed by atoms with E-state index in [9.17, 15) is 0 Å². The maximum atomic E-state index is 4.48. The Kier molecular flexibility index (Phi) is 4.53. The third-order valence-electron chi connectivity index (χ3n) is 3.11. The minimum atomic E-state index is 0.629. The smallest absolute Gasteiger partial charge is 0.225 e. The van der Waals surface area contributed by atoms with Gasteiger partial charge in [-0.3, -0.25) is 0 Å². The van der Waals surface area contributed by atoms with Crippen LogP contribution in [0.4, 0.5) is 5.95 Å². The van der Waals surface area contributed by atoms with Crippen LogP contribution >= 0.6 is 0 Å². The van der Waals surface area contributed by atoms with Crippen LogP contribution in [-0.2, 0) is 6.54 Å². The minimum Gasteiger partial charge on any atom is -0.341 e. The number of anilines is 1. The van der Waals surface area contributed by atoms with Crippen molar-refractivity contribution >= 4 is 5.95 Å². The molecule has 2 rings (SSSR count). The van der Waals surface area contributed by atoms with E-state index in [0.29, 0.717) is 5.92 Å². The van der Waals surface area contributed by atoms with Crippen LogP contribution in [0.25, 0.3) is 0 Å². The number of rotatable bonds is 7. The highest BCUT2D eigenvalue weighted by Crippen LogP contribution is 2.19. The number of nitrogens with one attached hydrogen (secondary N) is 1. The highest BCUT2D eigenvalue weighted by atomic mass is 15.2. The normalized spacial score (nSPS) is 15.1. The van der Waals surface area contributed by atoms with E-state index in [1.165, 1.54) is 18.4 Å². The van der Waals surface area contributed by atoms with E-state index in [1.807, 2.05) is 12.4 Å². The van der Waals surface area contributed by atoms with Crippen LogP contribution in [0.1, 0.15) is 39.2 Å². The molecule has 1 aromatic heterocycles. The van der Waals surface area contributed by atoms with Gasteiger partial charge in [-0.25, -0.2) is 9.97 Å². The zero-order valence-electron chi connectivity index (χ0n) is 11.7. The molecule has 0 aromatic carbocycles. The van der Waals surface area contributed by atoms with Gasteiger partial charge in [0.1, 0.15) is 0 Å². The first-order valence-corrected chi connectivity index (χ1v) is 6.98. The fraction of sp³-hybridized carbons (Fsp3) is 0.714. The van der Waals surface area contributed by atoms with Gasteiger partial charge in [-0.2, -0.15) is 0 Å². The molecule has 0 amide bonds. The van der Waals surface area contributed by atoms with E-state index in [4.69, 9.17) is 0 Å². The Morgan fingerprint density at radius 2 is 2.00 bits per heavy atom. The summed E-state index contributed by atoms with van der Waals surface area (Å²) in [5.74, 6) is 1.48. The summed E-state index contributed by atoms with van der Waals surface area (Å²) in [7, 11) is 0. The largest absolute Gasteiger partial charge is 0.341 e. The molecule has 1 aliphatic rings. The van der Waals surface area contributed by atoms with Crippen molar-refractivity contribution in [1.82, 2.24) is 15.3 Å². The lowest BCUT2D eigenvalue weighted by Gasteiger charge is -2.22. The molecule has 4 nitrogen and oxygen atoms in total. The molecule has 1 fully saturated rings. The van der Waals surface area contributed by atoms with Gasteiger partial charge in [-0.05, 0) is 25.7 Å². The number of hydrogen-bond donors (Lipinski definition) is 1. The molecule has 4 heteroatoms. The first-order chi connectivity index (χ1) is 8.69. The molecule has 0 spiro atoms. The van der Waals surface area contributed by atoms with Crippen molar-refractivity contribution in [1.29, 1.82) is 0 Å². The van der Waals surface area contributed by atoms with Crippen LogP contribution in [0, 0.1) is 5.92 Å². The summed E-state index contributed by atoms with van der Waals surface area (Å²) in [5.41, 5.74) is 1.17. The minimum absolute atomic E-state index is 0.629. The van der Waals surface area contributed by atoms with Gasteiger partial charge in [0.15, 0.2) is 0 Å². The van der Waals surface area contributed by atoms with Gasteiger partial charge in [0, 0.05) is 43.6 Å². The molecular formula is C14H24N4. The summed E-state index contributed by atoms with van der Waals surface area (Å²) in [6.07, 6.45) is 6.52. The molecule has 100 valence electrons. The highest BCUT2D eigenvalue weighted by molar-refractivity contribution is 5.29. The van der Waals surface area contributed by atoms with Crippen molar-refractivity contribution in [2.24, 2.45) is 5.92 Å². The predicted octanol–water partition coefficient (Wildman–Crippen LogP) is 2.21. The van der Waals surface area contributed by atoms with E-state index in [0.717, 1.165) is 31.6 Å². The van der Waals surface area contributed by atoms with Crippen LogP contribution in [0.2, 0.25) is 0 Å². The average molecular weight is 248 g/mol. The molecule has 0 bridgehead atoms. The molecule has 0 aliphatic heterocycles. The first kappa shape index (κ1) is 13.3. The van der Waals surface area contributed by atoms with Gasteiger partial charge in [-0.1, -0.05) is 13.8 Å². The lowest BCUT2D eigenvalue weighted by molar-refractivity contribution is 0.608. The van der Waals surface area contributed by atoms with Crippen LogP contribution in [0.5, 0.6) is 0 Å². The lowest BCUT2D eigenvalue weighted by atomic mass is 10.2. The van der Waals surface area contributed by atoms with E-state index in [-0.39, 0.29) is 0 Å². The second-order valence-electron chi connectivity index (χ2n) is 5.48. The summed E-state index contributed by atoms with van der Waals surface area (Å²) >= 11 is 0. The molecule has 1 heterocycles. The van der Waals surface area contributed by atoms with Crippen LogP contribution < -0.4 is 10.2 Å². The number of aromatic nitrogens is 2. The molecule has 1 aromatic rings. The summed E-state index contributed by atoms with van der Waals surface area (Å²) in [6, 6.07) is 0.734. The Morgan fingerprint density at radius 1 is 1.33 bits per heavy atom. The van der Waals surface area contributed by atoms with Gasteiger partial charge in [0.05, 0.1) is 0 Å². The second kappa shape index (κ2) is 6.14. The molecule has 1 saturated carbocycles. The molecule has 1 N–H and O–H groups in total. The average Bonchev–Trinajstić information content (AvgIpc) is 3.18. The van der Waals surface area contributed by atoms with Crippen molar-refractivity contribution in [2.45, 2.75) is 46.2 Å². The number of hydrogen-bond acceptors (Lipinski definition) is 4. The lowest BCUT2D eigenvalue weighted by Crippen LogP contribution is -2.29. The maximum absolute atomic E-state index is 4.48. The summed E-state index contributed by atoms with van der Waals surface area (Å²) < 4.78 is 0. The molecule has 0 unspecified atom stereocenters. The topological polar surface area (TPSA) is 41.1 Å². The van der Waals surface area contributed by atoms with Gasteiger partial charge in [0.25, 0.3) is 0 Å². The Labute approximate surface area is 110 Å². The van der Waals surface area contributed by atoms with E-state index in [1.54, 1.807) is 0 Å². The molecule has 0 radical (unpaired) electrons. The first-order valence-electron chi connectivity index (χ1n) is 6.98. The van der Waals surface area contributed by atoms with Crippen molar-refractivity contribution in [3.8, 4) is 0 Å². The fourth-order valence-electron chi connectivity index (χ4n) is 1.95. The number of nitrogens with zero attached hydrogens (tertiary/aromatic N) is 3. The van der Waals surface area contributed by atoms with Crippen molar-refractivity contribution < 1.29 is 0 Å². The quantitative estimate of drug-likeness (QED) is 0.803. The predicted molar refractivity (Wildman–Crippen MR) is 74.6 cm³/mol. The highest BCUT2D eigenvalue weighted by Gasteiger charge is 2.20. The van der Waals surface area contributed by atoms with Crippen molar-refractivity contribution in [2.75, 3.05) is 18.0 Å². The van der Waals surface area contributed by atoms with Gasteiger partial charge >= 0.3 is 0 Å². The second-order valence-corrected chi connectivity index (χ2v) is 5.48. The monoisotopic (exact) mass is 248 g/mol. The fourth-order valence-corrected chi connectivity index (χ4v) is 1.95. The summed E-state index contributed by atoms with van der Waals surface area (Å²) in [5, 5.41) is 3.47. The Hall–Kier alpha value is -1.16. The Morgan fingerprint density at radius 3 is 2.50 bits per heavy atom. The van der Waals surface area contributed by atoms with E-state index in [2.05, 4.69) is 41.0 Å². The Bertz CT molecular complexity index is 357. The molecule has 0 atom stereocenters. The van der Waals surface area contributed by atoms with Gasteiger partial charge in [0.2, 0.25) is 5.95 Å². The third kappa shape index (κ3) is 3.95. The van der Waals surface area contributed by atoms with Gasteiger partial charge in [-0.15, -0.1) is 0 Å². The van der Waals surface area contributed by atoms with Crippen molar-refractivity contribution in [3.63, 3.8) is 0 Å². The van der Waals surface area contributed by atoms with Crippen LogP contribution in [0.3, 0.4) is 0 Å². The SMILES string of the molecule is CCN(CC(C)C)c1ncc(CNC2CC2)cn1. The summed E-state index contributed by atoms with van der Waals surface area (Å²) in [4.78, 5) is 11.2. The zero-order chi connectivity index (χ0) is 13.0. The van der Waals surface area contributed by atoms with Gasteiger partial charge < -0.3 is 10.2 Å². The maximum Gasteiger partial charge on any atom is 0.225 e. The summed E-state index contributed by atoms with van der Waals surface area (Å²) in [6.45, 7) is 9.44. The van der Waals surface area contributed by atoms with E-state index < -0.39 is 0 Å². The molecule has 18 heavy (non-hydrogen) atoms. The molecular weight excluding hydrogens is 224 g/mol.